The Labute approximate surface area is 68.7 Å². The average molecular weight is 182 g/mol. The van der Waals surface area contributed by atoms with Gasteiger partial charge in [-0.3, -0.25) is 0 Å². The largest absolute Gasteiger partial charge is 1.00 e. The summed E-state index contributed by atoms with van der Waals surface area (Å²) in [5.41, 5.74) is 0. The molecule has 0 aromatic rings. The van der Waals surface area contributed by atoms with Crippen LogP contribution in [0.2, 0.25) is 0 Å². The first-order valence-corrected chi connectivity index (χ1v) is 4.07. The minimum Gasteiger partial charge on any atom is -1.00 e. The summed E-state index contributed by atoms with van der Waals surface area (Å²) in [5, 5.41) is 0. The predicted molar refractivity (Wildman–Crippen MR) is 20.9 cm³/mol. The molecule has 0 aliphatic rings. The predicted octanol–water partition coefficient (Wildman–Crippen LogP) is -4.42. The maximum Gasteiger partial charge on any atom is 1.00 e. The topological polar surface area (TPSA) is 77.8 Å². The monoisotopic (exact) mass is 182 g/mol. The molecular formula is CH8AsNaO4. The summed E-state index contributed by atoms with van der Waals surface area (Å²) < 4.78 is 30.7. The maximum atomic E-state index is 8.94. The van der Waals surface area contributed by atoms with Gasteiger partial charge in [0.1, 0.15) is 0 Å². The Morgan fingerprint density at radius 2 is 1.29 bits per heavy atom. The minimum atomic E-state index is -5.12. The van der Waals surface area contributed by atoms with Crippen molar-refractivity contribution in [1.82, 2.24) is 0 Å². The molecular weight excluding hydrogens is 174 g/mol. The molecule has 0 fully saturated rings. The van der Waals surface area contributed by atoms with E-state index in [1.165, 1.54) is 0 Å². The van der Waals surface area contributed by atoms with Crippen molar-refractivity contribution < 1.29 is 47.0 Å². The Hall–Kier alpha value is 1.24. The van der Waals surface area contributed by atoms with E-state index in [0.29, 0.717) is 0 Å². The van der Waals surface area contributed by atoms with Gasteiger partial charge in [0.25, 0.3) is 0 Å². The van der Waals surface area contributed by atoms with Crippen molar-refractivity contribution in [2.24, 2.45) is 0 Å². The number of hydrogen-bond acceptors (Lipinski definition) is 1. The van der Waals surface area contributed by atoms with Crippen LogP contribution in [0.25, 0.3) is 0 Å². The van der Waals surface area contributed by atoms with E-state index in [0.717, 1.165) is 0 Å². The Bertz CT molecular complexity index is 62.2. The molecule has 0 heterocycles. The van der Waals surface area contributed by atoms with Crippen molar-refractivity contribution in [2.45, 2.75) is 7.43 Å². The third-order valence-electron chi connectivity index (χ3n) is 0. The van der Waals surface area contributed by atoms with E-state index in [1.807, 2.05) is 0 Å². The van der Waals surface area contributed by atoms with Crippen molar-refractivity contribution in [3.63, 3.8) is 0 Å². The van der Waals surface area contributed by atoms with Crippen LogP contribution in [0.5, 0.6) is 0 Å². The van der Waals surface area contributed by atoms with E-state index in [9.17, 15) is 0 Å². The average Bonchev–Trinajstić information content (AvgIpc) is 0.722. The molecule has 0 unspecified atom stereocenters. The van der Waals surface area contributed by atoms with Crippen LogP contribution in [-0.2, 0) is 3.74 Å². The summed E-state index contributed by atoms with van der Waals surface area (Å²) in [6.07, 6.45) is 0. The molecule has 0 aliphatic carbocycles. The van der Waals surface area contributed by atoms with Gasteiger partial charge < -0.3 is 1.43 Å². The molecule has 0 spiro atoms. The van der Waals surface area contributed by atoms with Crippen LogP contribution in [0.3, 0.4) is 0 Å². The first-order valence-electron chi connectivity index (χ1n) is 0.783. The third kappa shape index (κ3) is 130. The van der Waals surface area contributed by atoms with E-state index in [-0.39, 0.29) is 38.4 Å². The second-order valence-corrected chi connectivity index (χ2v) is 2.67. The molecule has 0 aromatic carbocycles. The van der Waals surface area contributed by atoms with Gasteiger partial charge in [0, 0.05) is 0 Å². The number of rotatable bonds is 0. The van der Waals surface area contributed by atoms with Crippen LogP contribution in [0.4, 0.5) is 0 Å². The fourth-order valence-corrected chi connectivity index (χ4v) is 0. The Kier molecular flexibility index (Phi) is 12.1. The molecule has 0 amide bonds. The molecule has 7 heavy (non-hydrogen) atoms. The van der Waals surface area contributed by atoms with Crippen LogP contribution in [-0.4, -0.2) is 26.8 Å². The first kappa shape index (κ1) is 15.7. The van der Waals surface area contributed by atoms with Crippen LogP contribution >= 0.6 is 0 Å². The van der Waals surface area contributed by atoms with Crippen LogP contribution in [0.15, 0.2) is 0 Å². The van der Waals surface area contributed by atoms with Gasteiger partial charge in [-0.05, 0) is 0 Å². The summed E-state index contributed by atoms with van der Waals surface area (Å²) >= 11 is -5.12. The molecule has 6 heteroatoms. The van der Waals surface area contributed by atoms with Crippen molar-refractivity contribution in [1.29, 1.82) is 0 Å². The summed E-state index contributed by atoms with van der Waals surface area (Å²) in [6, 6.07) is 0. The van der Waals surface area contributed by atoms with E-state index in [2.05, 4.69) is 0 Å². The van der Waals surface area contributed by atoms with Crippen molar-refractivity contribution in [2.75, 3.05) is 0 Å². The smallest absolute Gasteiger partial charge is 1.00 e. The van der Waals surface area contributed by atoms with E-state index < -0.39 is 14.5 Å². The van der Waals surface area contributed by atoms with Gasteiger partial charge in [-0.25, -0.2) is 0 Å². The molecule has 0 atom stereocenters. The van der Waals surface area contributed by atoms with Crippen molar-refractivity contribution >= 4 is 14.5 Å². The summed E-state index contributed by atoms with van der Waals surface area (Å²) in [4.78, 5) is 0. The van der Waals surface area contributed by atoms with Gasteiger partial charge >= 0.3 is 60.1 Å². The molecule has 0 aromatic heterocycles. The van der Waals surface area contributed by atoms with Crippen LogP contribution in [0.1, 0.15) is 8.85 Å². The van der Waals surface area contributed by atoms with Crippen LogP contribution in [0, 0.1) is 0 Å². The molecule has 0 bridgehead atoms. The second kappa shape index (κ2) is 5.38. The third-order valence-corrected chi connectivity index (χ3v) is 0. The fraction of sp³-hybridized carbons (Fsp3) is 1.00. The molecule has 0 saturated carbocycles. The Morgan fingerprint density at radius 3 is 1.29 bits per heavy atom. The molecule has 3 N–H and O–H groups in total. The SMILES string of the molecule is C.O=[As](O)(O)O.[H-].[Na+]. The van der Waals surface area contributed by atoms with E-state index in [4.69, 9.17) is 16.0 Å². The quantitative estimate of drug-likeness (QED) is 0.330. The standard InChI is InChI=1S/CH4.AsH3O4.Na.H/c;2-1(3,4)5;;/h1H4;(H3,2,3,4,5);;/q;;+1;-1. The van der Waals surface area contributed by atoms with Crippen molar-refractivity contribution in [3.05, 3.63) is 0 Å². The molecule has 0 radical (unpaired) electrons. The summed E-state index contributed by atoms with van der Waals surface area (Å²) in [6.45, 7) is 0. The van der Waals surface area contributed by atoms with Crippen molar-refractivity contribution in [3.8, 4) is 0 Å². The zero-order valence-corrected chi connectivity index (χ0v) is 7.07. The van der Waals surface area contributed by atoms with Gasteiger partial charge in [-0.2, -0.15) is 0 Å². The summed E-state index contributed by atoms with van der Waals surface area (Å²) in [7, 11) is 0. The Morgan fingerprint density at radius 1 is 1.29 bits per heavy atom. The molecule has 42 valence electrons. The maximum absolute atomic E-state index is 8.94. The second-order valence-electron chi connectivity index (χ2n) is 0.513. The first-order chi connectivity index (χ1) is 2.00. The number of hydrogen-bond donors (Lipinski definition) is 3. The van der Waals surface area contributed by atoms with Gasteiger partial charge in [0.05, 0.1) is 0 Å². The van der Waals surface area contributed by atoms with Crippen LogP contribution < -0.4 is 29.6 Å². The molecule has 0 aliphatic heterocycles. The molecule has 0 saturated heterocycles. The van der Waals surface area contributed by atoms with E-state index >= 15 is 0 Å². The minimum absolute atomic E-state index is 0. The van der Waals surface area contributed by atoms with Gasteiger partial charge in [-0.1, -0.05) is 7.43 Å². The van der Waals surface area contributed by atoms with E-state index in [1.54, 1.807) is 0 Å². The zero-order chi connectivity index (χ0) is 4.50. The Balaban J connectivity index is -0.0000000267. The normalized spacial score (nSPS) is 8.43. The molecule has 4 nitrogen and oxygen atoms in total. The summed E-state index contributed by atoms with van der Waals surface area (Å²) in [5.74, 6) is 0. The van der Waals surface area contributed by atoms with Gasteiger partial charge in [-0.15, -0.1) is 0 Å². The fourth-order valence-electron chi connectivity index (χ4n) is 0. The molecule has 0 rings (SSSR count). The van der Waals surface area contributed by atoms with Gasteiger partial charge in [0.2, 0.25) is 0 Å². The zero-order valence-electron chi connectivity index (χ0n) is 4.20. The van der Waals surface area contributed by atoms with Gasteiger partial charge in [0.15, 0.2) is 0 Å².